The SMILES string of the molecule is C=Cc1c(/C=C/S/C(C)=C/CC(C)C)oc2ncnc(-c3cc(C(C)(C)C)c4ccccc4c3)c12. The molecule has 0 saturated carbocycles. The van der Waals surface area contributed by atoms with E-state index >= 15 is 0 Å². The monoisotopic (exact) mass is 482 g/mol. The molecule has 0 saturated heterocycles. The second-order valence-corrected chi connectivity index (χ2v) is 11.5. The molecule has 180 valence electrons. The van der Waals surface area contributed by atoms with Crippen LogP contribution in [0, 0.1) is 5.92 Å². The molecule has 3 nitrogen and oxygen atoms in total. The van der Waals surface area contributed by atoms with Crippen molar-refractivity contribution in [1.82, 2.24) is 9.97 Å². The highest BCUT2D eigenvalue weighted by atomic mass is 32.2. The highest BCUT2D eigenvalue weighted by Crippen LogP contribution is 2.38. The number of furan rings is 1. The van der Waals surface area contributed by atoms with Gasteiger partial charge in [0.2, 0.25) is 5.71 Å². The van der Waals surface area contributed by atoms with E-state index in [0.717, 1.165) is 34.4 Å². The molecule has 0 N–H and O–H groups in total. The van der Waals surface area contributed by atoms with Gasteiger partial charge in [-0.15, -0.1) is 11.8 Å². The minimum absolute atomic E-state index is 0.00844. The third-order valence-electron chi connectivity index (χ3n) is 6.05. The molecule has 0 amide bonds. The van der Waals surface area contributed by atoms with Crippen LogP contribution in [0.25, 0.3) is 45.3 Å². The maximum absolute atomic E-state index is 6.18. The molecule has 0 fully saturated rings. The summed E-state index contributed by atoms with van der Waals surface area (Å²) in [5.41, 5.74) is 4.70. The fraction of sp³-hybridized carbons (Fsp3) is 0.290. The van der Waals surface area contributed by atoms with E-state index in [9.17, 15) is 0 Å². The van der Waals surface area contributed by atoms with Gasteiger partial charge in [0.15, 0.2) is 0 Å². The Hall–Kier alpha value is -3.11. The minimum Gasteiger partial charge on any atom is -0.438 e. The lowest BCUT2D eigenvalue weighted by atomic mass is 9.82. The Morgan fingerprint density at radius 3 is 2.63 bits per heavy atom. The summed E-state index contributed by atoms with van der Waals surface area (Å²) in [6.45, 7) is 17.4. The standard InChI is InChI=1S/C31H34N2OS/c1-8-24-27(15-16-35-21(4)14-13-20(2)3)34-30-28(24)29(32-19-33-30)23-17-22-11-9-10-12-25(22)26(18-23)31(5,6)7/h8-12,14-20H,1,13H2,2-7H3/b16-15+,21-14+. The van der Waals surface area contributed by atoms with E-state index in [2.05, 4.69) is 101 Å². The van der Waals surface area contributed by atoms with Crippen LogP contribution in [0.2, 0.25) is 0 Å². The van der Waals surface area contributed by atoms with Crippen LogP contribution >= 0.6 is 11.8 Å². The van der Waals surface area contributed by atoms with Gasteiger partial charge >= 0.3 is 0 Å². The number of hydrogen-bond acceptors (Lipinski definition) is 4. The molecule has 0 atom stereocenters. The van der Waals surface area contributed by atoms with E-state index in [1.54, 1.807) is 18.1 Å². The van der Waals surface area contributed by atoms with E-state index in [4.69, 9.17) is 9.40 Å². The zero-order chi connectivity index (χ0) is 25.2. The Morgan fingerprint density at radius 1 is 1.14 bits per heavy atom. The van der Waals surface area contributed by atoms with Gasteiger partial charge < -0.3 is 4.42 Å². The highest BCUT2D eigenvalue weighted by molar-refractivity contribution is 8.05. The average molecular weight is 483 g/mol. The Balaban J connectivity index is 1.82. The van der Waals surface area contributed by atoms with E-state index in [-0.39, 0.29) is 5.41 Å². The van der Waals surface area contributed by atoms with Crippen LogP contribution in [-0.4, -0.2) is 9.97 Å². The van der Waals surface area contributed by atoms with Gasteiger partial charge in [0.1, 0.15) is 12.1 Å². The molecule has 35 heavy (non-hydrogen) atoms. The first kappa shape index (κ1) is 25.0. The molecule has 4 heteroatoms. The molecule has 0 radical (unpaired) electrons. The van der Waals surface area contributed by atoms with Crippen LogP contribution in [0.3, 0.4) is 0 Å². The quantitative estimate of drug-likeness (QED) is 0.263. The molecule has 0 aliphatic rings. The summed E-state index contributed by atoms with van der Waals surface area (Å²) in [7, 11) is 0. The van der Waals surface area contributed by atoms with Gasteiger partial charge in [-0.1, -0.05) is 77.6 Å². The second kappa shape index (κ2) is 10.2. The topological polar surface area (TPSA) is 38.9 Å². The maximum atomic E-state index is 6.18. The minimum atomic E-state index is -0.00844. The first-order chi connectivity index (χ1) is 16.7. The predicted octanol–water partition coefficient (Wildman–Crippen LogP) is 9.64. The number of thioether (sulfide) groups is 1. The van der Waals surface area contributed by atoms with Crippen LogP contribution < -0.4 is 0 Å². The first-order valence-electron chi connectivity index (χ1n) is 12.1. The number of nitrogens with zero attached hydrogens (tertiary/aromatic N) is 2. The van der Waals surface area contributed by atoms with Crippen molar-refractivity contribution in [2.75, 3.05) is 0 Å². The van der Waals surface area contributed by atoms with Crippen LogP contribution in [0.5, 0.6) is 0 Å². The largest absolute Gasteiger partial charge is 0.438 e. The summed E-state index contributed by atoms with van der Waals surface area (Å²) in [4.78, 5) is 10.4. The van der Waals surface area contributed by atoms with Crippen LogP contribution in [0.4, 0.5) is 0 Å². The van der Waals surface area contributed by atoms with E-state index in [0.29, 0.717) is 11.6 Å². The number of rotatable bonds is 7. The Labute approximate surface area is 213 Å². The summed E-state index contributed by atoms with van der Waals surface area (Å²) in [5, 5.41) is 5.43. The van der Waals surface area contributed by atoms with Crippen molar-refractivity contribution < 1.29 is 4.42 Å². The van der Waals surface area contributed by atoms with Crippen molar-refractivity contribution in [3.05, 3.63) is 82.6 Å². The fourth-order valence-electron chi connectivity index (χ4n) is 4.24. The second-order valence-electron chi connectivity index (χ2n) is 10.3. The summed E-state index contributed by atoms with van der Waals surface area (Å²) in [6, 6.07) is 13.0. The lowest BCUT2D eigenvalue weighted by Crippen LogP contribution is -2.12. The van der Waals surface area contributed by atoms with Gasteiger partial charge in [-0.3, -0.25) is 0 Å². The Bertz CT molecular complexity index is 1430. The number of allylic oxidation sites excluding steroid dienone is 2. The molecule has 0 unspecified atom stereocenters. The van der Waals surface area contributed by atoms with E-state index in [1.807, 2.05) is 12.2 Å². The predicted molar refractivity (Wildman–Crippen MR) is 153 cm³/mol. The van der Waals surface area contributed by atoms with Crippen LogP contribution in [0.1, 0.15) is 64.9 Å². The number of benzene rings is 2. The summed E-state index contributed by atoms with van der Waals surface area (Å²) >= 11 is 1.70. The molecule has 0 aliphatic heterocycles. The van der Waals surface area contributed by atoms with Crippen LogP contribution in [-0.2, 0) is 5.41 Å². The maximum Gasteiger partial charge on any atom is 0.230 e. The van der Waals surface area contributed by atoms with Gasteiger partial charge in [0, 0.05) is 11.1 Å². The summed E-state index contributed by atoms with van der Waals surface area (Å²) in [6.07, 6.45) is 8.79. The third-order valence-corrected chi connectivity index (χ3v) is 6.86. The van der Waals surface area contributed by atoms with Crippen molar-refractivity contribution in [3.8, 4) is 11.3 Å². The van der Waals surface area contributed by atoms with Gasteiger partial charge in [-0.2, -0.15) is 0 Å². The Kier molecular flexibility index (Phi) is 7.32. The zero-order valence-electron chi connectivity index (χ0n) is 21.6. The molecule has 4 aromatic rings. The number of hydrogen-bond donors (Lipinski definition) is 0. The third kappa shape index (κ3) is 5.43. The fourth-order valence-corrected chi connectivity index (χ4v) is 4.84. The smallest absolute Gasteiger partial charge is 0.230 e. The summed E-state index contributed by atoms with van der Waals surface area (Å²) < 4.78 is 6.18. The van der Waals surface area contributed by atoms with Crippen molar-refractivity contribution in [2.45, 2.75) is 53.4 Å². The van der Waals surface area contributed by atoms with Crippen molar-refractivity contribution in [3.63, 3.8) is 0 Å². The molecule has 2 aromatic heterocycles. The van der Waals surface area contributed by atoms with Crippen molar-refractivity contribution >= 4 is 45.8 Å². The highest BCUT2D eigenvalue weighted by Gasteiger charge is 2.21. The van der Waals surface area contributed by atoms with E-state index < -0.39 is 0 Å². The summed E-state index contributed by atoms with van der Waals surface area (Å²) in [5.74, 6) is 1.40. The molecular weight excluding hydrogens is 448 g/mol. The van der Waals surface area contributed by atoms with Gasteiger partial charge in [-0.25, -0.2) is 9.97 Å². The molecule has 0 spiro atoms. The molecular formula is C31H34N2OS. The molecule has 2 heterocycles. The lowest BCUT2D eigenvalue weighted by Gasteiger charge is -2.22. The van der Waals surface area contributed by atoms with Crippen molar-refractivity contribution in [1.29, 1.82) is 0 Å². The van der Waals surface area contributed by atoms with E-state index in [1.165, 1.54) is 21.2 Å². The van der Waals surface area contributed by atoms with Crippen LogP contribution in [0.15, 0.2) is 70.1 Å². The average Bonchev–Trinajstić information content (AvgIpc) is 3.18. The number of fused-ring (bicyclic) bond motifs is 2. The molecule has 0 aliphatic carbocycles. The number of aromatic nitrogens is 2. The molecule has 2 aromatic carbocycles. The first-order valence-corrected chi connectivity index (χ1v) is 13.0. The van der Waals surface area contributed by atoms with Gasteiger partial charge in [0.25, 0.3) is 0 Å². The van der Waals surface area contributed by atoms with Gasteiger partial charge in [-0.05, 0) is 69.5 Å². The van der Waals surface area contributed by atoms with Gasteiger partial charge in [0.05, 0.1) is 11.1 Å². The molecule has 4 rings (SSSR count). The van der Waals surface area contributed by atoms with Crippen molar-refractivity contribution in [2.24, 2.45) is 5.92 Å². The zero-order valence-corrected chi connectivity index (χ0v) is 22.4. The lowest BCUT2D eigenvalue weighted by molar-refractivity contribution is 0.590. The Morgan fingerprint density at radius 2 is 1.91 bits per heavy atom. The normalized spacial score (nSPS) is 12.9. The molecule has 0 bridgehead atoms.